The van der Waals surface area contributed by atoms with Crippen LogP contribution in [0.15, 0.2) is 41.1 Å². The fraction of sp³-hybridized carbons (Fsp3) is 0.125. The number of rotatable bonds is 3. The van der Waals surface area contributed by atoms with E-state index >= 15 is 0 Å². The van der Waals surface area contributed by atoms with E-state index in [4.69, 9.17) is 4.84 Å². The quantitative estimate of drug-likeness (QED) is 0.440. The Hall–Kier alpha value is -1.19. The Kier molecular flexibility index (Phi) is 4.88. The lowest BCUT2D eigenvalue weighted by Gasteiger charge is -2.19. The maximum atomic E-state index is 14.5. The van der Waals surface area contributed by atoms with Crippen LogP contribution in [-0.4, -0.2) is 0 Å². The molecule has 7 heteroatoms. The molecule has 2 aromatic rings. The van der Waals surface area contributed by atoms with E-state index in [1.807, 2.05) is 25.1 Å². The molecule has 1 aliphatic heterocycles. The first-order valence-electron chi connectivity index (χ1n) is 6.76. The van der Waals surface area contributed by atoms with E-state index in [-0.39, 0.29) is 16.2 Å². The summed E-state index contributed by atoms with van der Waals surface area (Å²) in [5.41, 5.74) is 5.02. The van der Waals surface area contributed by atoms with Crippen LogP contribution in [0.1, 0.15) is 17.2 Å². The zero-order valence-corrected chi connectivity index (χ0v) is 15.7. The number of aryl methyl sites for hydroxylation is 1. The summed E-state index contributed by atoms with van der Waals surface area (Å²) in [4.78, 5) is 4.98. The molecule has 0 spiro atoms. The summed E-state index contributed by atoms with van der Waals surface area (Å²) in [6.45, 7) is 1.91. The second-order valence-electron chi connectivity index (χ2n) is 5.08. The molecule has 0 amide bonds. The lowest BCUT2D eigenvalue weighted by molar-refractivity contribution is 0.142. The van der Waals surface area contributed by atoms with Gasteiger partial charge < -0.3 is 10.2 Å². The summed E-state index contributed by atoms with van der Waals surface area (Å²) in [6, 6.07) is 6.88. The molecule has 0 aromatic heterocycles. The van der Waals surface area contributed by atoms with Gasteiger partial charge in [-0.25, -0.2) is 8.78 Å². The lowest BCUT2D eigenvalue weighted by atomic mass is 10.0. The summed E-state index contributed by atoms with van der Waals surface area (Å²) in [5.74, 6) is -1.86. The van der Waals surface area contributed by atoms with Crippen molar-refractivity contribution in [2.45, 2.75) is 13.0 Å². The molecule has 0 saturated heterocycles. The third-order valence-corrected chi connectivity index (χ3v) is 4.76. The Balaban J connectivity index is 2.09. The summed E-state index contributed by atoms with van der Waals surface area (Å²) in [6.07, 6.45) is 3.20. The number of benzene rings is 2. The van der Waals surface area contributed by atoms with Gasteiger partial charge in [-0.1, -0.05) is 0 Å². The van der Waals surface area contributed by atoms with Gasteiger partial charge in [0.2, 0.25) is 0 Å². The summed E-state index contributed by atoms with van der Waals surface area (Å²) >= 11 is 5.25. The van der Waals surface area contributed by atoms with Crippen molar-refractivity contribution in [2.75, 3.05) is 5.32 Å². The maximum absolute atomic E-state index is 14.5. The molecule has 3 rings (SSSR count). The van der Waals surface area contributed by atoms with Gasteiger partial charge in [0.05, 0.1) is 16.2 Å². The zero-order chi connectivity index (χ0) is 16.6. The fourth-order valence-corrected chi connectivity index (χ4v) is 3.39. The second kappa shape index (κ2) is 6.74. The number of nitrogens with one attached hydrogen (secondary N) is 2. The number of hydrogen-bond donors (Lipinski definition) is 2. The minimum atomic E-state index is -0.936. The molecular weight excluding hydrogens is 481 g/mol. The Morgan fingerprint density at radius 1 is 1.26 bits per heavy atom. The molecule has 2 N–H and O–H groups in total. The van der Waals surface area contributed by atoms with Crippen molar-refractivity contribution in [2.24, 2.45) is 0 Å². The van der Waals surface area contributed by atoms with Crippen LogP contribution in [0.25, 0.3) is 0 Å². The zero-order valence-electron chi connectivity index (χ0n) is 12.0. The topological polar surface area (TPSA) is 33.3 Å². The van der Waals surface area contributed by atoms with Crippen LogP contribution in [0.5, 0.6) is 0 Å². The average Bonchev–Trinajstić information content (AvgIpc) is 3.04. The van der Waals surface area contributed by atoms with Crippen LogP contribution in [-0.2, 0) is 4.84 Å². The Bertz CT molecular complexity index is 798. The molecule has 120 valence electrons. The molecular formula is C16H12BrF2IN2O. The summed E-state index contributed by atoms with van der Waals surface area (Å²) in [5, 5.41) is 3.01. The molecule has 1 unspecified atom stereocenters. The van der Waals surface area contributed by atoms with E-state index in [0.29, 0.717) is 5.56 Å². The first-order valence-corrected chi connectivity index (χ1v) is 8.63. The highest BCUT2D eigenvalue weighted by Gasteiger charge is 2.24. The molecule has 0 bridgehead atoms. The van der Waals surface area contributed by atoms with Crippen LogP contribution in [0, 0.1) is 22.1 Å². The minimum absolute atomic E-state index is 0.0667. The van der Waals surface area contributed by atoms with Gasteiger partial charge in [-0.2, -0.15) is 0 Å². The van der Waals surface area contributed by atoms with Gasteiger partial charge in [0, 0.05) is 14.8 Å². The van der Waals surface area contributed by atoms with Crippen LogP contribution < -0.4 is 10.8 Å². The highest BCUT2D eigenvalue weighted by molar-refractivity contribution is 14.1. The fourth-order valence-electron chi connectivity index (χ4n) is 2.32. The van der Waals surface area contributed by atoms with Crippen molar-refractivity contribution in [1.29, 1.82) is 0 Å². The van der Waals surface area contributed by atoms with E-state index in [0.717, 1.165) is 14.8 Å². The van der Waals surface area contributed by atoms with Gasteiger partial charge in [-0.15, -0.1) is 5.48 Å². The van der Waals surface area contributed by atoms with Crippen molar-refractivity contribution in [3.63, 3.8) is 0 Å². The van der Waals surface area contributed by atoms with Crippen LogP contribution in [0.3, 0.4) is 0 Å². The van der Waals surface area contributed by atoms with Crippen LogP contribution >= 0.6 is 38.5 Å². The molecule has 0 aliphatic carbocycles. The smallest absolute Gasteiger partial charge is 0.183 e. The first kappa shape index (κ1) is 16.7. The van der Waals surface area contributed by atoms with Crippen LogP contribution in [0.2, 0.25) is 0 Å². The molecule has 1 aliphatic rings. The normalized spacial score (nSPS) is 16.5. The monoisotopic (exact) mass is 492 g/mol. The van der Waals surface area contributed by atoms with Gasteiger partial charge in [0.15, 0.2) is 11.6 Å². The molecule has 3 nitrogen and oxygen atoms in total. The van der Waals surface area contributed by atoms with Gasteiger partial charge in [-0.3, -0.25) is 0 Å². The van der Waals surface area contributed by atoms with E-state index in [1.165, 1.54) is 6.26 Å². The van der Waals surface area contributed by atoms with Gasteiger partial charge in [0.1, 0.15) is 6.26 Å². The Morgan fingerprint density at radius 2 is 2.04 bits per heavy atom. The Labute approximate surface area is 154 Å². The van der Waals surface area contributed by atoms with E-state index in [9.17, 15) is 8.78 Å². The number of anilines is 2. The number of hydrogen-bond acceptors (Lipinski definition) is 3. The molecule has 23 heavy (non-hydrogen) atoms. The summed E-state index contributed by atoms with van der Waals surface area (Å²) < 4.78 is 29.6. The minimum Gasteiger partial charge on any atom is -0.416 e. The Morgan fingerprint density at radius 3 is 2.70 bits per heavy atom. The highest BCUT2D eigenvalue weighted by atomic mass is 127. The third kappa shape index (κ3) is 3.36. The van der Waals surface area contributed by atoms with E-state index in [1.54, 1.807) is 12.1 Å². The molecule has 1 heterocycles. The lowest BCUT2D eigenvalue weighted by Crippen LogP contribution is -2.15. The standard InChI is InChI=1S/C16H12BrF2IN2O/c1-8-6-9(20)2-3-12(8)21-16-10(13-4-5-23-22-13)7-11(17)14(18)15(16)19/h2-7,13,21-22H,1H3. The number of hydroxylamine groups is 1. The molecule has 0 radical (unpaired) electrons. The second-order valence-corrected chi connectivity index (χ2v) is 7.18. The van der Waals surface area contributed by atoms with Crippen molar-refractivity contribution >= 4 is 49.9 Å². The van der Waals surface area contributed by atoms with Gasteiger partial charge in [0.25, 0.3) is 0 Å². The molecule has 0 fully saturated rings. The SMILES string of the molecule is Cc1cc(I)ccc1Nc1c(C2C=CON2)cc(Br)c(F)c1F. The first-order chi connectivity index (χ1) is 11.0. The largest absolute Gasteiger partial charge is 0.416 e. The van der Waals surface area contributed by atoms with Crippen molar-refractivity contribution in [1.82, 2.24) is 5.48 Å². The number of halogens is 4. The van der Waals surface area contributed by atoms with Gasteiger partial charge in [-0.05, 0) is 81.3 Å². The molecule has 0 saturated carbocycles. The van der Waals surface area contributed by atoms with E-state index in [2.05, 4.69) is 49.3 Å². The third-order valence-electron chi connectivity index (χ3n) is 3.51. The maximum Gasteiger partial charge on any atom is 0.183 e. The predicted octanol–water partition coefficient (Wildman–Crippen LogP) is 5.47. The van der Waals surface area contributed by atoms with Gasteiger partial charge >= 0.3 is 0 Å². The van der Waals surface area contributed by atoms with E-state index < -0.39 is 11.6 Å². The molecule has 2 aromatic carbocycles. The van der Waals surface area contributed by atoms with Crippen molar-refractivity contribution < 1.29 is 13.6 Å². The highest BCUT2D eigenvalue weighted by Crippen LogP contribution is 2.36. The predicted molar refractivity (Wildman–Crippen MR) is 97.3 cm³/mol. The van der Waals surface area contributed by atoms with Crippen LogP contribution in [0.4, 0.5) is 20.2 Å². The molecule has 1 atom stereocenters. The van der Waals surface area contributed by atoms with Crippen molar-refractivity contribution in [3.05, 3.63) is 67.4 Å². The van der Waals surface area contributed by atoms with Crippen molar-refractivity contribution in [3.8, 4) is 0 Å². The summed E-state index contributed by atoms with van der Waals surface area (Å²) in [7, 11) is 0. The average molecular weight is 493 g/mol.